The molecule has 4 nitrogen and oxygen atoms in total. The van der Waals surface area contributed by atoms with Crippen molar-refractivity contribution in [2.45, 2.75) is 25.4 Å². The minimum absolute atomic E-state index is 0.0259. The summed E-state index contributed by atoms with van der Waals surface area (Å²) < 4.78 is 38.6. The van der Waals surface area contributed by atoms with Gasteiger partial charge in [-0.25, -0.2) is 0 Å². The maximum atomic E-state index is 12.9. The number of hydrogen-bond donors (Lipinski definition) is 1. The van der Waals surface area contributed by atoms with Crippen molar-refractivity contribution in [2.75, 3.05) is 19.6 Å². The molecule has 0 aliphatic carbocycles. The zero-order chi connectivity index (χ0) is 17.5. The molecule has 130 valence electrons. The third-order valence-electron chi connectivity index (χ3n) is 4.76. The summed E-state index contributed by atoms with van der Waals surface area (Å²) in [5.74, 6) is -0.652. The van der Waals surface area contributed by atoms with Gasteiger partial charge in [0.1, 0.15) is 0 Å². The molecule has 2 aliphatic heterocycles. The van der Waals surface area contributed by atoms with Gasteiger partial charge in [0.05, 0.1) is 21.6 Å². The molecule has 24 heavy (non-hydrogen) atoms. The highest BCUT2D eigenvalue weighted by molar-refractivity contribution is 6.33. The summed E-state index contributed by atoms with van der Waals surface area (Å²) in [5.41, 5.74) is -1.72. The van der Waals surface area contributed by atoms with Crippen LogP contribution >= 0.6 is 11.6 Å². The van der Waals surface area contributed by atoms with E-state index in [1.807, 2.05) is 0 Å². The average molecular weight is 361 g/mol. The van der Waals surface area contributed by atoms with E-state index in [-0.39, 0.29) is 23.0 Å². The van der Waals surface area contributed by atoms with Gasteiger partial charge in [0.25, 0.3) is 5.91 Å². The van der Waals surface area contributed by atoms with Crippen LogP contribution in [0.5, 0.6) is 0 Å². The van der Waals surface area contributed by atoms with E-state index in [1.165, 1.54) is 4.90 Å². The predicted molar refractivity (Wildman–Crippen MR) is 81.7 cm³/mol. The van der Waals surface area contributed by atoms with Crippen molar-refractivity contribution in [2.24, 2.45) is 5.41 Å². The summed E-state index contributed by atoms with van der Waals surface area (Å²) in [4.78, 5) is 26.2. The third-order valence-corrected chi connectivity index (χ3v) is 5.09. The van der Waals surface area contributed by atoms with Gasteiger partial charge in [-0.15, -0.1) is 0 Å². The molecule has 1 N–H and O–H groups in total. The first-order chi connectivity index (χ1) is 11.2. The van der Waals surface area contributed by atoms with E-state index >= 15 is 0 Å². The average Bonchev–Trinajstić information content (AvgIpc) is 2.94. The second-order valence-electron chi connectivity index (χ2n) is 6.31. The fourth-order valence-electron chi connectivity index (χ4n) is 3.40. The van der Waals surface area contributed by atoms with Crippen molar-refractivity contribution in [3.63, 3.8) is 0 Å². The number of likely N-dealkylation sites (tertiary alicyclic amines) is 1. The number of piperidine rings is 1. The number of alkyl halides is 3. The summed E-state index contributed by atoms with van der Waals surface area (Å²) in [5, 5.41) is 2.78. The molecule has 2 saturated heterocycles. The lowest BCUT2D eigenvalue weighted by Crippen LogP contribution is -2.47. The SMILES string of the molecule is O=C(c1cc(C(F)(F)F)ccc1Cl)N1CC[C@@]2(CCCNC2=O)C1. The summed E-state index contributed by atoms with van der Waals surface area (Å²) in [6.07, 6.45) is -2.52. The first kappa shape index (κ1) is 17.1. The molecule has 0 unspecified atom stereocenters. The Morgan fingerprint density at radius 2 is 2.04 bits per heavy atom. The first-order valence-corrected chi connectivity index (χ1v) is 8.05. The van der Waals surface area contributed by atoms with Gasteiger partial charge in [0, 0.05) is 19.6 Å². The number of nitrogens with zero attached hydrogens (tertiary/aromatic N) is 1. The van der Waals surface area contributed by atoms with Crippen molar-refractivity contribution in [3.05, 3.63) is 34.3 Å². The van der Waals surface area contributed by atoms with E-state index < -0.39 is 23.1 Å². The zero-order valence-corrected chi connectivity index (χ0v) is 13.5. The Morgan fingerprint density at radius 3 is 2.71 bits per heavy atom. The lowest BCUT2D eigenvalue weighted by atomic mass is 9.79. The summed E-state index contributed by atoms with van der Waals surface area (Å²) >= 11 is 5.93. The Kier molecular flexibility index (Phi) is 4.23. The van der Waals surface area contributed by atoms with Crippen LogP contribution in [0.25, 0.3) is 0 Å². The number of benzene rings is 1. The predicted octanol–water partition coefficient (Wildman–Crippen LogP) is 3.10. The topological polar surface area (TPSA) is 49.4 Å². The van der Waals surface area contributed by atoms with Crippen LogP contribution in [0, 0.1) is 5.41 Å². The zero-order valence-electron chi connectivity index (χ0n) is 12.8. The van der Waals surface area contributed by atoms with Crippen LogP contribution in [0.1, 0.15) is 35.2 Å². The fourth-order valence-corrected chi connectivity index (χ4v) is 3.60. The van der Waals surface area contributed by atoms with Gasteiger partial charge in [0.2, 0.25) is 5.91 Å². The maximum Gasteiger partial charge on any atom is 0.416 e. The van der Waals surface area contributed by atoms with Crippen molar-refractivity contribution in [1.82, 2.24) is 10.2 Å². The Bertz CT molecular complexity index is 692. The van der Waals surface area contributed by atoms with Crippen LogP contribution in [-0.2, 0) is 11.0 Å². The molecule has 3 rings (SSSR count). The lowest BCUT2D eigenvalue weighted by molar-refractivity contribution is -0.137. The smallest absolute Gasteiger partial charge is 0.356 e. The third kappa shape index (κ3) is 2.97. The van der Waals surface area contributed by atoms with Crippen LogP contribution < -0.4 is 5.32 Å². The van der Waals surface area contributed by atoms with E-state index in [1.54, 1.807) is 0 Å². The molecule has 8 heteroatoms. The van der Waals surface area contributed by atoms with Gasteiger partial charge in [-0.2, -0.15) is 13.2 Å². The standard InChI is InChI=1S/C16H16ClF3N2O2/c17-12-3-2-10(16(18,19)20)8-11(12)13(23)22-7-5-15(9-22)4-1-6-21-14(15)24/h2-3,8H,1,4-7,9H2,(H,21,24)/t15-/m0/s1. The Morgan fingerprint density at radius 1 is 1.29 bits per heavy atom. The van der Waals surface area contributed by atoms with E-state index in [2.05, 4.69) is 5.32 Å². The molecule has 2 aliphatic rings. The monoisotopic (exact) mass is 360 g/mol. The van der Waals surface area contributed by atoms with Crippen molar-refractivity contribution < 1.29 is 22.8 Å². The minimum Gasteiger partial charge on any atom is -0.356 e. The second kappa shape index (κ2) is 5.95. The molecule has 1 atom stereocenters. The molecule has 2 fully saturated rings. The van der Waals surface area contributed by atoms with Gasteiger partial charge in [0.15, 0.2) is 0 Å². The molecule has 0 radical (unpaired) electrons. The van der Waals surface area contributed by atoms with Crippen LogP contribution in [0.15, 0.2) is 18.2 Å². The molecular weight excluding hydrogens is 345 g/mol. The van der Waals surface area contributed by atoms with Gasteiger partial charge in [-0.1, -0.05) is 11.6 Å². The molecule has 2 heterocycles. The number of carbonyl (C=O) groups excluding carboxylic acids is 2. The quantitative estimate of drug-likeness (QED) is 0.836. The summed E-state index contributed by atoms with van der Waals surface area (Å²) in [7, 11) is 0. The molecular formula is C16H16ClF3N2O2. The largest absolute Gasteiger partial charge is 0.416 e. The van der Waals surface area contributed by atoms with Gasteiger partial charge < -0.3 is 10.2 Å². The van der Waals surface area contributed by atoms with Crippen molar-refractivity contribution >= 4 is 23.4 Å². The number of nitrogens with one attached hydrogen (secondary N) is 1. The molecule has 1 aromatic carbocycles. The highest BCUT2D eigenvalue weighted by Gasteiger charge is 2.47. The van der Waals surface area contributed by atoms with Gasteiger partial charge in [-0.3, -0.25) is 9.59 Å². The van der Waals surface area contributed by atoms with E-state index in [9.17, 15) is 22.8 Å². The molecule has 2 amide bonds. The molecule has 1 spiro atoms. The molecule has 0 saturated carbocycles. The van der Waals surface area contributed by atoms with Crippen LogP contribution in [-0.4, -0.2) is 36.3 Å². The van der Waals surface area contributed by atoms with Crippen LogP contribution in [0.4, 0.5) is 13.2 Å². The lowest BCUT2D eigenvalue weighted by Gasteiger charge is -2.32. The number of halogens is 4. The van der Waals surface area contributed by atoms with Crippen LogP contribution in [0.2, 0.25) is 5.02 Å². The maximum absolute atomic E-state index is 12.9. The molecule has 1 aromatic rings. The molecule has 0 aromatic heterocycles. The van der Waals surface area contributed by atoms with Gasteiger partial charge in [-0.05, 0) is 37.5 Å². The number of amides is 2. The summed E-state index contributed by atoms with van der Waals surface area (Å²) in [6, 6.07) is 2.70. The normalized spacial score (nSPS) is 24.3. The van der Waals surface area contributed by atoms with E-state index in [0.717, 1.165) is 24.6 Å². The highest BCUT2D eigenvalue weighted by atomic mass is 35.5. The Hall–Kier alpha value is -1.76. The number of rotatable bonds is 1. The summed E-state index contributed by atoms with van der Waals surface area (Å²) in [6.45, 7) is 1.16. The number of hydrogen-bond acceptors (Lipinski definition) is 2. The Labute approximate surface area is 142 Å². The van der Waals surface area contributed by atoms with E-state index in [4.69, 9.17) is 11.6 Å². The van der Waals surface area contributed by atoms with Crippen molar-refractivity contribution in [3.8, 4) is 0 Å². The van der Waals surface area contributed by atoms with E-state index in [0.29, 0.717) is 25.9 Å². The highest BCUT2D eigenvalue weighted by Crippen LogP contribution is 2.39. The molecule has 0 bridgehead atoms. The first-order valence-electron chi connectivity index (χ1n) is 7.67. The minimum atomic E-state index is -4.55. The van der Waals surface area contributed by atoms with Crippen molar-refractivity contribution in [1.29, 1.82) is 0 Å². The Balaban J connectivity index is 1.84. The fraction of sp³-hybridized carbons (Fsp3) is 0.500. The van der Waals surface area contributed by atoms with Crippen LogP contribution in [0.3, 0.4) is 0 Å². The second-order valence-corrected chi connectivity index (χ2v) is 6.72. The number of carbonyl (C=O) groups is 2. The van der Waals surface area contributed by atoms with Gasteiger partial charge >= 0.3 is 6.18 Å².